The Kier molecular flexibility index (Phi) is 8.36. The Bertz CT molecular complexity index is 1360. The summed E-state index contributed by atoms with van der Waals surface area (Å²) in [4.78, 5) is 18.7. The second-order valence-corrected chi connectivity index (χ2v) is 10.1. The number of pyridine rings is 1. The number of aromatic nitrogens is 2. The SMILES string of the molecule is COc1cc(CN2CCC(NCCc3ccccc3)CC2)ccc1CCc1ccc2nccn2c1C(=O)O. The van der Waals surface area contributed by atoms with Crippen LogP contribution in [0.3, 0.4) is 0 Å². The molecule has 0 saturated carbocycles. The minimum Gasteiger partial charge on any atom is -0.496 e. The van der Waals surface area contributed by atoms with Gasteiger partial charge in [-0.1, -0.05) is 48.5 Å². The Labute approximate surface area is 224 Å². The minimum atomic E-state index is -0.943. The van der Waals surface area contributed by atoms with Crippen LogP contribution >= 0.6 is 0 Å². The molecule has 4 aromatic rings. The van der Waals surface area contributed by atoms with Crippen LogP contribution < -0.4 is 10.1 Å². The number of imidazole rings is 1. The number of carbonyl (C=O) groups is 1. The van der Waals surface area contributed by atoms with Crippen molar-refractivity contribution in [3.8, 4) is 5.75 Å². The summed E-state index contributed by atoms with van der Waals surface area (Å²) in [5.74, 6) is -0.0818. The molecule has 2 aromatic heterocycles. The summed E-state index contributed by atoms with van der Waals surface area (Å²) in [6, 6.07) is 21.4. The van der Waals surface area contributed by atoms with Crippen molar-refractivity contribution < 1.29 is 14.6 Å². The Morgan fingerprint density at radius 1 is 1.00 bits per heavy atom. The number of carboxylic acids is 1. The molecule has 7 nitrogen and oxygen atoms in total. The van der Waals surface area contributed by atoms with Crippen LogP contribution in [0.25, 0.3) is 5.65 Å². The molecule has 0 bridgehead atoms. The van der Waals surface area contributed by atoms with E-state index in [2.05, 4.69) is 63.7 Å². The smallest absolute Gasteiger partial charge is 0.353 e. The molecule has 0 amide bonds. The fraction of sp³-hybridized carbons (Fsp3) is 0.355. The number of hydrogen-bond acceptors (Lipinski definition) is 5. The first-order valence-electron chi connectivity index (χ1n) is 13.4. The lowest BCUT2D eigenvalue weighted by Gasteiger charge is -2.32. The monoisotopic (exact) mass is 512 g/mol. The van der Waals surface area contributed by atoms with E-state index >= 15 is 0 Å². The number of ether oxygens (including phenoxy) is 1. The van der Waals surface area contributed by atoms with Gasteiger partial charge in [-0.05, 0) is 86.1 Å². The number of piperidine rings is 1. The number of likely N-dealkylation sites (tertiary alicyclic amines) is 1. The van der Waals surface area contributed by atoms with Crippen molar-refractivity contribution in [2.75, 3.05) is 26.7 Å². The van der Waals surface area contributed by atoms with Crippen molar-refractivity contribution in [1.82, 2.24) is 19.6 Å². The maximum atomic E-state index is 12.0. The molecule has 38 heavy (non-hydrogen) atoms. The van der Waals surface area contributed by atoms with E-state index in [1.54, 1.807) is 23.9 Å². The summed E-state index contributed by atoms with van der Waals surface area (Å²) >= 11 is 0. The molecule has 5 rings (SSSR count). The van der Waals surface area contributed by atoms with E-state index < -0.39 is 5.97 Å². The molecule has 2 N–H and O–H groups in total. The van der Waals surface area contributed by atoms with Crippen LogP contribution in [-0.2, 0) is 25.8 Å². The second kappa shape index (κ2) is 12.2. The normalized spacial score (nSPS) is 14.7. The van der Waals surface area contributed by atoms with Crippen molar-refractivity contribution in [2.45, 2.75) is 44.7 Å². The van der Waals surface area contributed by atoms with E-state index in [-0.39, 0.29) is 5.69 Å². The molecule has 1 aliphatic heterocycles. The highest BCUT2D eigenvalue weighted by atomic mass is 16.5. The molecule has 1 fully saturated rings. The highest BCUT2D eigenvalue weighted by Gasteiger charge is 2.20. The topological polar surface area (TPSA) is 79.1 Å². The molecule has 0 unspecified atom stereocenters. The molecule has 0 atom stereocenters. The van der Waals surface area contributed by atoms with E-state index in [0.717, 1.165) is 62.3 Å². The molecule has 0 spiro atoms. The lowest BCUT2D eigenvalue weighted by atomic mass is 10.00. The number of aryl methyl sites for hydroxylation is 2. The number of hydrogen-bond donors (Lipinski definition) is 2. The summed E-state index contributed by atoms with van der Waals surface area (Å²) in [6.07, 6.45) is 8.02. The van der Waals surface area contributed by atoms with Gasteiger partial charge in [0.1, 0.15) is 17.1 Å². The second-order valence-electron chi connectivity index (χ2n) is 10.1. The van der Waals surface area contributed by atoms with Crippen molar-refractivity contribution in [2.24, 2.45) is 0 Å². The maximum absolute atomic E-state index is 12.0. The predicted molar refractivity (Wildman–Crippen MR) is 149 cm³/mol. The highest BCUT2D eigenvalue weighted by molar-refractivity contribution is 5.88. The van der Waals surface area contributed by atoms with Crippen LogP contribution in [0, 0.1) is 0 Å². The number of methoxy groups -OCH3 is 1. The number of nitrogens with one attached hydrogen (secondary N) is 1. The number of fused-ring (bicyclic) bond motifs is 1. The van der Waals surface area contributed by atoms with Crippen molar-refractivity contribution in [3.05, 3.63) is 101 Å². The summed E-state index contributed by atoms with van der Waals surface area (Å²) in [5, 5.41) is 13.5. The lowest BCUT2D eigenvalue weighted by molar-refractivity contribution is 0.0687. The van der Waals surface area contributed by atoms with Gasteiger partial charge >= 0.3 is 5.97 Å². The molecule has 1 aliphatic rings. The zero-order valence-corrected chi connectivity index (χ0v) is 22.0. The summed E-state index contributed by atoms with van der Waals surface area (Å²) < 4.78 is 7.38. The Morgan fingerprint density at radius 2 is 1.76 bits per heavy atom. The molecule has 7 heteroatoms. The Morgan fingerprint density at radius 3 is 2.53 bits per heavy atom. The van der Waals surface area contributed by atoms with Crippen LogP contribution in [0.15, 0.2) is 73.1 Å². The summed E-state index contributed by atoms with van der Waals surface area (Å²) in [6.45, 7) is 4.11. The van der Waals surface area contributed by atoms with Crippen LogP contribution in [0.5, 0.6) is 5.75 Å². The highest BCUT2D eigenvalue weighted by Crippen LogP contribution is 2.25. The number of rotatable bonds is 11. The third kappa shape index (κ3) is 6.23. The van der Waals surface area contributed by atoms with Gasteiger partial charge in [0.25, 0.3) is 0 Å². The zero-order chi connectivity index (χ0) is 26.3. The average molecular weight is 513 g/mol. The third-order valence-corrected chi connectivity index (χ3v) is 7.55. The number of nitrogens with zero attached hydrogens (tertiary/aromatic N) is 3. The van der Waals surface area contributed by atoms with E-state index in [9.17, 15) is 9.90 Å². The van der Waals surface area contributed by atoms with Gasteiger partial charge < -0.3 is 15.2 Å². The van der Waals surface area contributed by atoms with Gasteiger partial charge in [-0.25, -0.2) is 9.78 Å². The molecule has 2 aromatic carbocycles. The number of carboxylic acid groups (broad SMARTS) is 1. The van der Waals surface area contributed by atoms with Gasteiger partial charge in [-0.3, -0.25) is 9.30 Å². The molecule has 0 aliphatic carbocycles. The lowest BCUT2D eigenvalue weighted by Crippen LogP contribution is -2.42. The fourth-order valence-electron chi connectivity index (χ4n) is 5.46. The molecular formula is C31H36N4O3. The first-order valence-corrected chi connectivity index (χ1v) is 13.4. The fourth-order valence-corrected chi connectivity index (χ4v) is 5.46. The van der Waals surface area contributed by atoms with E-state index in [0.29, 0.717) is 24.5 Å². The molecule has 3 heterocycles. The first kappa shape index (κ1) is 25.9. The maximum Gasteiger partial charge on any atom is 0.353 e. The molecule has 0 radical (unpaired) electrons. The minimum absolute atomic E-state index is 0.272. The standard InChI is InChI=1S/C31H36N4O3/c1-38-28-21-24(22-34-18-14-27(15-19-34)32-16-13-23-5-3-2-4-6-23)7-8-25(28)9-10-26-11-12-29-33-17-20-35(29)30(26)31(36)37/h2-8,11-12,17,20-21,27,32H,9-10,13-16,18-19,22H2,1H3,(H,36,37). The number of aromatic carboxylic acids is 1. The van der Waals surface area contributed by atoms with Crippen molar-refractivity contribution in [1.29, 1.82) is 0 Å². The largest absolute Gasteiger partial charge is 0.496 e. The van der Waals surface area contributed by atoms with Gasteiger partial charge in [0.15, 0.2) is 0 Å². The summed E-state index contributed by atoms with van der Waals surface area (Å²) in [7, 11) is 1.70. The van der Waals surface area contributed by atoms with Gasteiger partial charge in [-0.15, -0.1) is 0 Å². The van der Waals surface area contributed by atoms with E-state index in [4.69, 9.17) is 4.74 Å². The quantitative estimate of drug-likeness (QED) is 0.305. The van der Waals surface area contributed by atoms with E-state index in [1.807, 2.05) is 12.1 Å². The first-order chi connectivity index (χ1) is 18.6. The van der Waals surface area contributed by atoms with Gasteiger partial charge in [-0.2, -0.15) is 0 Å². The van der Waals surface area contributed by atoms with Crippen LogP contribution in [0.4, 0.5) is 0 Å². The van der Waals surface area contributed by atoms with Gasteiger partial charge in [0, 0.05) is 25.0 Å². The average Bonchev–Trinajstić information content (AvgIpc) is 3.42. The molecular weight excluding hydrogens is 476 g/mol. The zero-order valence-electron chi connectivity index (χ0n) is 22.0. The van der Waals surface area contributed by atoms with Crippen molar-refractivity contribution in [3.63, 3.8) is 0 Å². The van der Waals surface area contributed by atoms with Gasteiger partial charge in [0.05, 0.1) is 7.11 Å². The Balaban J connectivity index is 1.14. The number of benzene rings is 2. The van der Waals surface area contributed by atoms with Gasteiger partial charge in [0.2, 0.25) is 0 Å². The van der Waals surface area contributed by atoms with Crippen molar-refractivity contribution >= 4 is 11.6 Å². The summed E-state index contributed by atoms with van der Waals surface area (Å²) in [5.41, 5.74) is 5.41. The van der Waals surface area contributed by atoms with Crippen LogP contribution in [0.1, 0.15) is 45.6 Å². The van der Waals surface area contributed by atoms with E-state index in [1.165, 1.54) is 11.1 Å². The Hall–Kier alpha value is -3.68. The van der Waals surface area contributed by atoms with Crippen LogP contribution in [0.2, 0.25) is 0 Å². The predicted octanol–water partition coefficient (Wildman–Crippen LogP) is 4.62. The molecule has 1 saturated heterocycles. The van der Waals surface area contributed by atoms with Crippen LogP contribution in [-0.4, -0.2) is 58.1 Å². The molecule has 198 valence electrons. The third-order valence-electron chi connectivity index (χ3n) is 7.55.